The molecule has 22 heavy (non-hydrogen) atoms. The zero-order chi connectivity index (χ0) is 15.7. The van der Waals surface area contributed by atoms with Gasteiger partial charge in [-0.3, -0.25) is 9.10 Å². The van der Waals surface area contributed by atoms with Gasteiger partial charge in [0.2, 0.25) is 15.9 Å². The Labute approximate surface area is 129 Å². The lowest BCUT2D eigenvalue weighted by Crippen LogP contribution is -2.25. The van der Waals surface area contributed by atoms with Crippen LogP contribution in [-0.4, -0.2) is 40.3 Å². The van der Waals surface area contributed by atoms with Crippen LogP contribution in [0.4, 0.5) is 11.4 Å². The summed E-state index contributed by atoms with van der Waals surface area (Å²) in [4.78, 5) is 11.2. The minimum atomic E-state index is -3.28. The molecule has 1 aromatic rings. The molecule has 2 aliphatic rings. The first-order valence-electron chi connectivity index (χ1n) is 6.93. The molecule has 8 heteroatoms. The molecule has 2 heterocycles. The zero-order valence-electron chi connectivity index (χ0n) is 12.1. The van der Waals surface area contributed by atoms with Crippen LogP contribution in [0, 0.1) is 0 Å². The third-order valence-corrected chi connectivity index (χ3v) is 5.47. The van der Waals surface area contributed by atoms with E-state index in [4.69, 9.17) is 4.74 Å². The van der Waals surface area contributed by atoms with Crippen LogP contribution >= 0.6 is 0 Å². The molecule has 2 aliphatic heterocycles. The van der Waals surface area contributed by atoms with Crippen molar-refractivity contribution in [2.24, 2.45) is 0 Å². The van der Waals surface area contributed by atoms with Crippen LogP contribution in [0.1, 0.15) is 6.42 Å². The number of nitrogens with zero attached hydrogens (tertiary/aromatic N) is 1. The van der Waals surface area contributed by atoms with Crippen molar-refractivity contribution in [3.05, 3.63) is 30.0 Å². The Bertz CT molecular complexity index is 742. The molecule has 118 valence electrons. The fourth-order valence-corrected chi connectivity index (χ4v) is 4.15. The molecule has 1 saturated heterocycles. The van der Waals surface area contributed by atoms with Crippen molar-refractivity contribution in [3.8, 4) is 5.75 Å². The molecule has 7 nitrogen and oxygen atoms in total. The Hall–Kier alpha value is -2.22. The standard InChI is InChI=1S/C14H17N3O4S/c1-21-13-4-3-10(16-11-8-14(18)15-9-11)7-12(13)17-5-2-6-22(17,19)20/h3-4,7-8,16H,2,5-6,9H2,1H3,(H,15,18). The lowest BCUT2D eigenvalue weighted by molar-refractivity contribution is -0.115. The van der Waals surface area contributed by atoms with Gasteiger partial charge in [0, 0.05) is 24.0 Å². The quantitative estimate of drug-likeness (QED) is 0.850. The Morgan fingerprint density at radius 2 is 2.18 bits per heavy atom. The molecular formula is C14H17N3O4S. The maximum absolute atomic E-state index is 12.1. The lowest BCUT2D eigenvalue weighted by atomic mass is 10.2. The maximum atomic E-state index is 12.1. The number of ether oxygens (including phenoxy) is 1. The third kappa shape index (κ3) is 2.74. The summed E-state index contributed by atoms with van der Waals surface area (Å²) < 4.78 is 30.9. The van der Waals surface area contributed by atoms with E-state index in [1.807, 2.05) is 0 Å². The molecule has 0 saturated carbocycles. The summed E-state index contributed by atoms with van der Waals surface area (Å²) in [5.74, 6) is 0.515. The van der Waals surface area contributed by atoms with Crippen molar-refractivity contribution < 1.29 is 17.9 Å². The van der Waals surface area contributed by atoms with Crippen molar-refractivity contribution in [2.75, 3.05) is 35.6 Å². The predicted octanol–water partition coefficient (Wildman–Crippen LogP) is 0.661. The van der Waals surface area contributed by atoms with E-state index in [0.717, 1.165) is 5.70 Å². The number of hydrogen-bond donors (Lipinski definition) is 2. The average Bonchev–Trinajstić information content (AvgIpc) is 3.04. The van der Waals surface area contributed by atoms with E-state index in [2.05, 4.69) is 10.6 Å². The summed E-state index contributed by atoms with van der Waals surface area (Å²) in [7, 11) is -1.77. The predicted molar refractivity (Wildman–Crippen MR) is 83.5 cm³/mol. The molecule has 1 fully saturated rings. The number of rotatable bonds is 4. The van der Waals surface area contributed by atoms with E-state index in [1.54, 1.807) is 18.2 Å². The second-order valence-electron chi connectivity index (χ2n) is 5.14. The molecule has 0 atom stereocenters. The van der Waals surface area contributed by atoms with Gasteiger partial charge in [-0.15, -0.1) is 0 Å². The number of amides is 1. The summed E-state index contributed by atoms with van der Waals surface area (Å²) in [6.07, 6.45) is 2.09. The van der Waals surface area contributed by atoms with E-state index >= 15 is 0 Å². The van der Waals surface area contributed by atoms with Crippen molar-refractivity contribution >= 4 is 27.3 Å². The van der Waals surface area contributed by atoms with Crippen LogP contribution in [0.15, 0.2) is 30.0 Å². The van der Waals surface area contributed by atoms with Crippen molar-refractivity contribution in [3.63, 3.8) is 0 Å². The van der Waals surface area contributed by atoms with E-state index in [-0.39, 0.29) is 11.7 Å². The second-order valence-corrected chi connectivity index (χ2v) is 7.15. The summed E-state index contributed by atoms with van der Waals surface area (Å²) >= 11 is 0. The minimum Gasteiger partial charge on any atom is -0.495 e. The van der Waals surface area contributed by atoms with Crippen LogP contribution in [0.25, 0.3) is 0 Å². The van der Waals surface area contributed by atoms with Crippen LogP contribution in [0.2, 0.25) is 0 Å². The van der Waals surface area contributed by atoms with Crippen LogP contribution in [-0.2, 0) is 14.8 Å². The van der Waals surface area contributed by atoms with Gasteiger partial charge < -0.3 is 15.4 Å². The molecule has 0 spiro atoms. The third-order valence-electron chi connectivity index (χ3n) is 3.61. The highest BCUT2D eigenvalue weighted by molar-refractivity contribution is 7.93. The topological polar surface area (TPSA) is 87.7 Å². The Kier molecular flexibility index (Phi) is 3.69. The number of carbonyl (C=O) groups excluding carboxylic acids is 1. The Morgan fingerprint density at radius 3 is 2.77 bits per heavy atom. The van der Waals surface area contributed by atoms with Crippen LogP contribution in [0.5, 0.6) is 5.75 Å². The molecule has 1 aromatic carbocycles. The first-order valence-corrected chi connectivity index (χ1v) is 8.54. The normalized spacial score (nSPS) is 19.8. The summed E-state index contributed by atoms with van der Waals surface area (Å²) in [5, 5.41) is 5.78. The number of methoxy groups -OCH3 is 1. The molecule has 0 unspecified atom stereocenters. The van der Waals surface area contributed by atoms with Crippen LogP contribution < -0.4 is 19.7 Å². The van der Waals surface area contributed by atoms with Gasteiger partial charge in [-0.2, -0.15) is 0 Å². The maximum Gasteiger partial charge on any atom is 0.246 e. The highest BCUT2D eigenvalue weighted by Crippen LogP contribution is 2.35. The molecule has 0 aliphatic carbocycles. The monoisotopic (exact) mass is 323 g/mol. The highest BCUT2D eigenvalue weighted by atomic mass is 32.2. The Balaban J connectivity index is 1.93. The minimum absolute atomic E-state index is 0.140. The largest absolute Gasteiger partial charge is 0.495 e. The van der Waals surface area contributed by atoms with Crippen LogP contribution in [0.3, 0.4) is 0 Å². The molecule has 1 amide bonds. The van der Waals surface area contributed by atoms with Gasteiger partial charge >= 0.3 is 0 Å². The number of carbonyl (C=O) groups is 1. The second kappa shape index (κ2) is 5.53. The fourth-order valence-electron chi connectivity index (χ4n) is 2.58. The molecular weight excluding hydrogens is 306 g/mol. The molecule has 2 N–H and O–H groups in total. The van der Waals surface area contributed by atoms with Crippen molar-refractivity contribution in [1.29, 1.82) is 0 Å². The molecule has 3 rings (SSSR count). The highest BCUT2D eigenvalue weighted by Gasteiger charge is 2.30. The van der Waals surface area contributed by atoms with Gasteiger partial charge in [0.1, 0.15) is 5.75 Å². The van der Waals surface area contributed by atoms with Crippen molar-refractivity contribution in [2.45, 2.75) is 6.42 Å². The first-order chi connectivity index (χ1) is 10.5. The molecule has 0 bridgehead atoms. The number of sulfonamides is 1. The van der Waals surface area contributed by atoms with Gasteiger partial charge in [-0.25, -0.2) is 8.42 Å². The summed E-state index contributed by atoms with van der Waals surface area (Å²) in [5.41, 5.74) is 1.97. The van der Waals surface area contributed by atoms with Crippen molar-refractivity contribution in [1.82, 2.24) is 5.32 Å². The van der Waals surface area contributed by atoms with E-state index < -0.39 is 10.0 Å². The summed E-state index contributed by atoms with van der Waals surface area (Å²) in [6.45, 7) is 0.882. The SMILES string of the molecule is COc1ccc(NC2=CC(=O)NC2)cc1N1CCCS1(=O)=O. The fraction of sp³-hybridized carbons (Fsp3) is 0.357. The van der Waals surface area contributed by atoms with E-state index in [0.29, 0.717) is 36.6 Å². The van der Waals surface area contributed by atoms with E-state index in [9.17, 15) is 13.2 Å². The van der Waals surface area contributed by atoms with Gasteiger partial charge in [-0.1, -0.05) is 0 Å². The number of nitrogens with one attached hydrogen (secondary N) is 2. The Morgan fingerprint density at radius 1 is 1.36 bits per heavy atom. The lowest BCUT2D eigenvalue weighted by Gasteiger charge is -2.21. The molecule has 0 radical (unpaired) electrons. The first kappa shape index (κ1) is 14.7. The number of anilines is 2. The van der Waals surface area contributed by atoms with Gasteiger partial charge in [0.25, 0.3) is 0 Å². The molecule has 0 aromatic heterocycles. The van der Waals surface area contributed by atoms with Gasteiger partial charge in [-0.05, 0) is 24.6 Å². The average molecular weight is 323 g/mol. The van der Waals surface area contributed by atoms with Gasteiger partial charge in [0.05, 0.1) is 25.1 Å². The summed E-state index contributed by atoms with van der Waals surface area (Å²) in [6, 6.07) is 5.23. The zero-order valence-corrected chi connectivity index (χ0v) is 12.9. The van der Waals surface area contributed by atoms with Gasteiger partial charge in [0.15, 0.2) is 0 Å². The number of hydrogen-bond acceptors (Lipinski definition) is 5. The number of benzene rings is 1. The smallest absolute Gasteiger partial charge is 0.246 e. The van der Waals surface area contributed by atoms with E-state index in [1.165, 1.54) is 17.5 Å².